The Labute approximate surface area is 112 Å². The number of benzene rings is 1. The second-order valence-electron chi connectivity index (χ2n) is 4.73. The zero-order valence-corrected chi connectivity index (χ0v) is 11.9. The van der Waals surface area contributed by atoms with E-state index < -0.39 is 0 Å². The number of rotatable bonds is 4. The van der Waals surface area contributed by atoms with Crippen LogP contribution in [-0.2, 0) is 10.1 Å². The lowest BCUT2D eigenvalue weighted by Gasteiger charge is -2.29. The Morgan fingerprint density at radius 1 is 1.41 bits per heavy atom. The van der Waals surface area contributed by atoms with E-state index in [1.54, 1.807) is 0 Å². The Balaban J connectivity index is 2.00. The molecule has 1 heterocycles. The van der Waals surface area contributed by atoms with Gasteiger partial charge in [0.05, 0.1) is 6.61 Å². The molecule has 0 radical (unpaired) electrons. The fourth-order valence-electron chi connectivity index (χ4n) is 2.43. The van der Waals surface area contributed by atoms with E-state index in [0.29, 0.717) is 5.92 Å². The van der Waals surface area contributed by atoms with Gasteiger partial charge in [0, 0.05) is 31.2 Å². The normalized spacial score (nSPS) is 20.2. The SMILES string of the molecule is CN(CC1CCCOC1)c1ccccc1CBr. The summed E-state index contributed by atoms with van der Waals surface area (Å²) in [6.45, 7) is 2.95. The van der Waals surface area contributed by atoms with Crippen LogP contribution < -0.4 is 4.90 Å². The van der Waals surface area contributed by atoms with Crippen LogP contribution in [0.15, 0.2) is 24.3 Å². The molecule has 2 nitrogen and oxygen atoms in total. The van der Waals surface area contributed by atoms with E-state index in [2.05, 4.69) is 52.1 Å². The summed E-state index contributed by atoms with van der Waals surface area (Å²) >= 11 is 3.55. The third kappa shape index (κ3) is 3.46. The number of para-hydroxylation sites is 1. The number of hydrogen-bond donors (Lipinski definition) is 0. The maximum absolute atomic E-state index is 5.54. The van der Waals surface area contributed by atoms with Gasteiger partial charge < -0.3 is 9.64 Å². The third-order valence-corrected chi connectivity index (χ3v) is 3.94. The lowest BCUT2D eigenvalue weighted by Crippen LogP contribution is -2.31. The van der Waals surface area contributed by atoms with E-state index in [9.17, 15) is 0 Å². The standard InChI is InChI=1S/C14H20BrNO/c1-16(10-12-5-4-8-17-11-12)14-7-3-2-6-13(14)9-15/h2-3,6-7,12H,4-5,8-11H2,1H3. The highest BCUT2D eigenvalue weighted by Crippen LogP contribution is 2.24. The molecule has 1 aromatic rings. The largest absolute Gasteiger partial charge is 0.381 e. The van der Waals surface area contributed by atoms with Crippen molar-refractivity contribution in [3.05, 3.63) is 29.8 Å². The molecule has 1 unspecified atom stereocenters. The van der Waals surface area contributed by atoms with Gasteiger partial charge in [-0.15, -0.1) is 0 Å². The Morgan fingerprint density at radius 3 is 2.94 bits per heavy atom. The molecule has 0 aliphatic carbocycles. The van der Waals surface area contributed by atoms with Crippen molar-refractivity contribution in [3.63, 3.8) is 0 Å². The Morgan fingerprint density at radius 2 is 2.24 bits per heavy atom. The number of alkyl halides is 1. The molecule has 0 bridgehead atoms. The summed E-state index contributed by atoms with van der Waals surface area (Å²) in [5.41, 5.74) is 2.68. The van der Waals surface area contributed by atoms with Crippen LogP contribution in [0, 0.1) is 5.92 Å². The van der Waals surface area contributed by atoms with Crippen molar-refractivity contribution >= 4 is 21.6 Å². The maximum atomic E-state index is 5.54. The molecule has 1 fully saturated rings. The second kappa shape index (κ2) is 6.41. The van der Waals surface area contributed by atoms with E-state index in [4.69, 9.17) is 4.74 Å². The van der Waals surface area contributed by atoms with Gasteiger partial charge in [0.1, 0.15) is 0 Å². The molecule has 1 saturated heterocycles. The average molecular weight is 298 g/mol. The molecule has 0 aromatic heterocycles. The fourth-order valence-corrected chi connectivity index (χ4v) is 2.91. The summed E-state index contributed by atoms with van der Waals surface area (Å²) < 4.78 is 5.54. The predicted molar refractivity (Wildman–Crippen MR) is 75.9 cm³/mol. The molecule has 94 valence electrons. The fraction of sp³-hybridized carbons (Fsp3) is 0.571. The second-order valence-corrected chi connectivity index (χ2v) is 5.29. The Bertz CT molecular complexity index is 350. The molecule has 1 aliphatic heterocycles. The van der Waals surface area contributed by atoms with Gasteiger partial charge in [-0.05, 0) is 30.4 Å². The molecular weight excluding hydrogens is 278 g/mol. The molecule has 1 atom stereocenters. The summed E-state index contributed by atoms with van der Waals surface area (Å²) in [6, 6.07) is 8.57. The Hall–Kier alpha value is -0.540. The molecule has 1 aliphatic rings. The summed E-state index contributed by atoms with van der Waals surface area (Å²) in [4.78, 5) is 2.36. The molecule has 0 amide bonds. The monoisotopic (exact) mass is 297 g/mol. The van der Waals surface area contributed by atoms with Crippen molar-refractivity contribution in [2.45, 2.75) is 18.2 Å². The number of halogens is 1. The molecule has 0 N–H and O–H groups in total. The van der Waals surface area contributed by atoms with Crippen LogP contribution in [0.3, 0.4) is 0 Å². The van der Waals surface area contributed by atoms with Crippen LogP contribution in [0.25, 0.3) is 0 Å². The van der Waals surface area contributed by atoms with Crippen molar-refractivity contribution in [2.24, 2.45) is 5.92 Å². The van der Waals surface area contributed by atoms with E-state index >= 15 is 0 Å². The molecule has 1 aromatic carbocycles. The van der Waals surface area contributed by atoms with Crippen molar-refractivity contribution in [3.8, 4) is 0 Å². The van der Waals surface area contributed by atoms with Crippen LogP contribution in [0.1, 0.15) is 18.4 Å². The predicted octanol–water partition coefficient (Wildman–Crippen LogP) is 3.44. The quantitative estimate of drug-likeness (QED) is 0.790. The summed E-state index contributed by atoms with van der Waals surface area (Å²) in [7, 11) is 2.18. The van der Waals surface area contributed by atoms with Crippen molar-refractivity contribution in [1.82, 2.24) is 0 Å². The van der Waals surface area contributed by atoms with Gasteiger partial charge in [-0.3, -0.25) is 0 Å². The zero-order valence-electron chi connectivity index (χ0n) is 10.4. The lowest BCUT2D eigenvalue weighted by atomic mass is 10.0. The minimum absolute atomic E-state index is 0.678. The molecule has 3 heteroatoms. The van der Waals surface area contributed by atoms with Crippen molar-refractivity contribution in [2.75, 3.05) is 31.7 Å². The smallest absolute Gasteiger partial charge is 0.0511 e. The Kier molecular flexibility index (Phi) is 4.86. The highest BCUT2D eigenvalue weighted by atomic mass is 79.9. The van der Waals surface area contributed by atoms with E-state index in [1.165, 1.54) is 24.1 Å². The van der Waals surface area contributed by atoms with Gasteiger partial charge in [-0.25, -0.2) is 0 Å². The van der Waals surface area contributed by atoms with Crippen molar-refractivity contribution < 1.29 is 4.74 Å². The first-order chi connectivity index (χ1) is 8.31. The highest BCUT2D eigenvalue weighted by molar-refractivity contribution is 9.08. The van der Waals surface area contributed by atoms with Crippen LogP contribution in [0.4, 0.5) is 5.69 Å². The summed E-state index contributed by atoms with van der Waals surface area (Å²) in [5.74, 6) is 0.678. The first-order valence-corrected chi connectivity index (χ1v) is 7.36. The molecule has 0 spiro atoms. The van der Waals surface area contributed by atoms with E-state index in [1.807, 2.05) is 0 Å². The number of hydrogen-bond acceptors (Lipinski definition) is 2. The maximum Gasteiger partial charge on any atom is 0.0511 e. The summed E-state index contributed by atoms with van der Waals surface area (Å²) in [5, 5.41) is 0.911. The molecule has 0 saturated carbocycles. The van der Waals surface area contributed by atoms with Gasteiger partial charge in [0.2, 0.25) is 0 Å². The zero-order chi connectivity index (χ0) is 12.1. The van der Waals surface area contributed by atoms with Crippen LogP contribution in [0.5, 0.6) is 0 Å². The first kappa shape index (κ1) is 12.9. The minimum Gasteiger partial charge on any atom is -0.381 e. The number of anilines is 1. The third-order valence-electron chi connectivity index (χ3n) is 3.33. The minimum atomic E-state index is 0.678. The van der Waals surface area contributed by atoms with Crippen LogP contribution in [-0.4, -0.2) is 26.8 Å². The van der Waals surface area contributed by atoms with E-state index in [-0.39, 0.29) is 0 Å². The number of ether oxygens (including phenoxy) is 1. The molecular formula is C14H20BrNO. The van der Waals surface area contributed by atoms with E-state index in [0.717, 1.165) is 25.1 Å². The van der Waals surface area contributed by atoms with Gasteiger partial charge >= 0.3 is 0 Å². The summed E-state index contributed by atoms with van der Waals surface area (Å²) in [6.07, 6.45) is 2.50. The molecule has 2 rings (SSSR count). The van der Waals surface area contributed by atoms with Crippen molar-refractivity contribution in [1.29, 1.82) is 0 Å². The van der Waals surface area contributed by atoms with Crippen LogP contribution in [0.2, 0.25) is 0 Å². The highest BCUT2D eigenvalue weighted by Gasteiger charge is 2.17. The van der Waals surface area contributed by atoms with Crippen LogP contribution >= 0.6 is 15.9 Å². The number of nitrogens with zero attached hydrogens (tertiary/aromatic N) is 1. The topological polar surface area (TPSA) is 12.5 Å². The molecule has 17 heavy (non-hydrogen) atoms. The van der Waals surface area contributed by atoms with Gasteiger partial charge in [-0.2, -0.15) is 0 Å². The average Bonchev–Trinajstić information content (AvgIpc) is 2.40. The first-order valence-electron chi connectivity index (χ1n) is 6.24. The lowest BCUT2D eigenvalue weighted by molar-refractivity contribution is 0.0576. The van der Waals surface area contributed by atoms with Gasteiger partial charge in [-0.1, -0.05) is 34.1 Å². The van der Waals surface area contributed by atoms with Gasteiger partial charge in [0.15, 0.2) is 0 Å². The van der Waals surface area contributed by atoms with Gasteiger partial charge in [0.25, 0.3) is 0 Å².